The van der Waals surface area contributed by atoms with Crippen molar-refractivity contribution in [3.05, 3.63) is 76.5 Å². The Morgan fingerprint density at radius 2 is 1.28 bits per heavy atom. The third-order valence-corrected chi connectivity index (χ3v) is 11.2. The minimum atomic E-state index is -2.10. The number of hydrogen-bond acceptors (Lipinski definition) is 24. The highest BCUT2D eigenvalue weighted by molar-refractivity contribution is 5.88. The van der Waals surface area contributed by atoms with Crippen LogP contribution in [0.2, 0.25) is 0 Å². The van der Waals surface area contributed by atoms with Gasteiger partial charge in [0.1, 0.15) is 102 Å². The maximum Gasteiger partial charge on any atom is 0.330 e. The monoisotopic (exact) mass is 948 g/mol. The van der Waals surface area contributed by atoms with Crippen molar-refractivity contribution < 1.29 is 113 Å². The summed E-state index contributed by atoms with van der Waals surface area (Å²) in [5.41, 5.74) is -1.05. The van der Waals surface area contributed by atoms with Gasteiger partial charge in [-0.15, -0.1) is 0 Å². The highest BCUT2D eigenvalue weighted by atomic mass is 16.8. The van der Waals surface area contributed by atoms with Crippen molar-refractivity contribution >= 4 is 23.0 Å². The number of carbonyl (C=O) groups excluding carboxylic acids is 1. The predicted octanol–water partition coefficient (Wildman–Crippen LogP) is -2.97. The number of aliphatic hydroxyl groups excluding tert-OH is 10. The number of aromatic hydroxyl groups is 3. The average Bonchev–Trinajstić information content (AvgIpc) is 3.31. The summed E-state index contributed by atoms with van der Waals surface area (Å²) in [5.74, 6) is -3.51. The average molecular weight is 949 g/mol. The summed E-state index contributed by atoms with van der Waals surface area (Å²) >= 11 is 0. The van der Waals surface area contributed by atoms with Gasteiger partial charge in [0, 0.05) is 23.8 Å². The lowest BCUT2D eigenvalue weighted by molar-refractivity contribution is -0.358. The lowest BCUT2D eigenvalue weighted by Gasteiger charge is -2.45. The summed E-state index contributed by atoms with van der Waals surface area (Å²) in [6, 6.07) is 11.2. The first-order valence-electron chi connectivity index (χ1n) is 20.4. The van der Waals surface area contributed by atoms with Crippen LogP contribution in [0.5, 0.6) is 34.5 Å². The highest BCUT2D eigenvalue weighted by Crippen LogP contribution is 2.39. The van der Waals surface area contributed by atoms with Crippen LogP contribution >= 0.6 is 0 Å². The zero-order valence-electron chi connectivity index (χ0n) is 34.9. The number of aliphatic hydroxyl groups is 10. The molecule has 13 N–H and O–H groups in total. The van der Waals surface area contributed by atoms with Crippen LogP contribution in [0.25, 0.3) is 28.4 Å². The molecule has 24 nitrogen and oxygen atoms in total. The number of fused-ring (bicyclic) bond motifs is 1. The molecule has 0 amide bonds. The topological polar surface area (TPSA) is 384 Å². The number of carbonyl (C=O) groups is 1. The molecule has 0 aliphatic carbocycles. The Labute approximate surface area is 377 Å². The van der Waals surface area contributed by atoms with Crippen molar-refractivity contribution in [1.29, 1.82) is 0 Å². The number of phenols is 3. The van der Waals surface area contributed by atoms with Crippen LogP contribution in [0, 0.1) is 0 Å². The molecule has 3 aromatic carbocycles. The van der Waals surface area contributed by atoms with Crippen molar-refractivity contribution in [2.45, 2.75) is 92.1 Å². The summed E-state index contributed by atoms with van der Waals surface area (Å²) < 4.78 is 50.6. The lowest BCUT2D eigenvalue weighted by atomic mass is 9.97. The fourth-order valence-electron chi connectivity index (χ4n) is 7.44. The maximum atomic E-state index is 14.4. The highest BCUT2D eigenvalue weighted by Gasteiger charge is 2.52. The first kappa shape index (κ1) is 49.2. The van der Waals surface area contributed by atoms with E-state index in [1.54, 1.807) is 0 Å². The van der Waals surface area contributed by atoms with Crippen LogP contribution < -0.4 is 19.6 Å². The van der Waals surface area contributed by atoms with Crippen molar-refractivity contribution in [3.63, 3.8) is 0 Å². The molecule has 0 spiro atoms. The van der Waals surface area contributed by atoms with Gasteiger partial charge < -0.3 is 109 Å². The van der Waals surface area contributed by atoms with Crippen LogP contribution in [0.1, 0.15) is 5.56 Å². The molecule has 3 aliphatic rings. The number of esters is 1. The molecule has 0 radical (unpaired) electrons. The summed E-state index contributed by atoms with van der Waals surface area (Å²) in [4.78, 5) is 27.1. The Morgan fingerprint density at radius 1 is 0.672 bits per heavy atom. The van der Waals surface area contributed by atoms with E-state index in [9.17, 15) is 76.0 Å². The molecule has 15 atom stereocenters. The van der Waals surface area contributed by atoms with Crippen LogP contribution in [0.4, 0.5) is 0 Å². The van der Waals surface area contributed by atoms with E-state index in [1.807, 2.05) is 0 Å². The number of methoxy groups -OCH3 is 1. The van der Waals surface area contributed by atoms with E-state index in [1.165, 1.54) is 55.7 Å². The van der Waals surface area contributed by atoms with Gasteiger partial charge in [0.2, 0.25) is 23.8 Å². The van der Waals surface area contributed by atoms with Crippen LogP contribution in [0.15, 0.2) is 69.9 Å². The summed E-state index contributed by atoms with van der Waals surface area (Å²) in [5, 5.41) is 136. The second-order valence-corrected chi connectivity index (χ2v) is 15.6. The quantitative estimate of drug-likeness (QED) is 0.0443. The maximum absolute atomic E-state index is 14.4. The fourth-order valence-corrected chi connectivity index (χ4v) is 7.44. The van der Waals surface area contributed by atoms with Crippen molar-refractivity contribution in [2.24, 2.45) is 0 Å². The summed E-state index contributed by atoms with van der Waals surface area (Å²) in [6.45, 7) is -2.45. The molecule has 67 heavy (non-hydrogen) atoms. The molecular weight excluding hydrogens is 900 g/mol. The van der Waals surface area contributed by atoms with Gasteiger partial charge in [-0.3, -0.25) is 4.79 Å². The zero-order valence-corrected chi connectivity index (χ0v) is 34.9. The van der Waals surface area contributed by atoms with Gasteiger partial charge in [0.25, 0.3) is 0 Å². The molecule has 3 aliphatic heterocycles. The molecule has 24 heteroatoms. The number of phenolic OH excluding ortho intramolecular Hbond substituents is 3. The first-order chi connectivity index (χ1) is 31.9. The summed E-state index contributed by atoms with van der Waals surface area (Å²) in [7, 11) is 1.33. The molecule has 7 rings (SSSR count). The normalized spacial score (nSPS) is 32.3. The molecular formula is C43H48O24. The van der Waals surface area contributed by atoms with Crippen LogP contribution in [-0.2, 0) is 28.5 Å². The summed E-state index contributed by atoms with van der Waals surface area (Å²) in [6.07, 6.45) is -25.5. The van der Waals surface area contributed by atoms with E-state index in [2.05, 4.69) is 0 Å². The number of benzene rings is 3. The minimum absolute atomic E-state index is 0.0392. The lowest BCUT2D eigenvalue weighted by Crippen LogP contribution is -2.65. The van der Waals surface area contributed by atoms with Gasteiger partial charge in [-0.05, 0) is 48.0 Å². The zero-order chi connectivity index (χ0) is 48.4. The van der Waals surface area contributed by atoms with E-state index in [4.69, 9.17) is 42.3 Å². The number of hydrogen-bond donors (Lipinski definition) is 13. The fraction of sp³-hybridized carbons (Fsp3) is 0.442. The van der Waals surface area contributed by atoms with E-state index in [0.717, 1.165) is 18.2 Å². The molecule has 1 aromatic heterocycles. The SMILES string of the molecule is COc1cc(/C=C/C(=O)OC[C@H]2O[C@@H](O[C@H]3[C@H](Oc4c(-c5ccc(O)cc5)oc5cc(O[C@@H]6O[C@H](CO)[C@@H](O)[C@H](O)[C@H]6O)cc(O)c5c4=O)O[C@H](CO)[C@@H](O)[C@@H]3O)[C@H](O)[C@@H](O)[C@@H]2O)ccc1O. The van der Waals surface area contributed by atoms with Gasteiger partial charge in [-0.1, -0.05) is 6.07 Å². The second kappa shape index (κ2) is 20.7. The third-order valence-electron chi connectivity index (χ3n) is 11.2. The Hall–Kier alpha value is -5.68. The molecule has 0 unspecified atom stereocenters. The largest absolute Gasteiger partial charge is 0.508 e. The smallest absolute Gasteiger partial charge is 0.330 e. The van der Waals surface area contributed by atoms with Crippen molar-refractivity contribution in [2.75, 3.05) is 26.9 Å². The van der Waals surface area contributed by atoms with Crippen LogP contribution in [0.3, 0.4) is 0 Å². The molecule has 3 saturated heterocycles. The van der Waals surface area contributed by atoms with Gasteiger partial charge in [0.15, 0.2) is 29.7 Å². The number of ether oxygens (including phenoxy) is 8. The van der Waals surface area contributed by atoms with Gasteiger partial charge >= 0.3 is 5.97 Å². The molecule has 0 bridgehead atoms. The van der Waals surface area contributed by atoms with E-state index >= 15 is 0 Å². The molecule has 4 heterocycles. The Bertz CT molecular complexity index is 2440. The van der Waals surface area contributed by atoms with Crippen LogP contribution in [-0.4, -0.2) is 191 Å². The molecule has 364 valence electrons. The Balaban J connectivity index is 1.17. The van der Waals surface area contributed by atoms with E-state index in [0.29, 0.717) is 5.56 Å². The second-order valence-electron chi connectivity index (χ2n) is 15.6. The number of rotatable bonds is 14. The molecule has 0 saturated carbocycles. The minimum Gasteiger partial charge on any atom is -0.508 e. The van der Waals surface area contributed by atoms with Gasteiger partial charge in [-0.25, -0.2) is 4.79 Å². The van der Waals surface area contributed by atoms with E-state index in [-0.39, 0.29) is 28.6 Å². The molecule has 3 fully saturated rings. The standard InChI is InChI=1S/C43H48O24/c1-59-22-10-16(2-8-20(22)47)3-9-27(49)60-15-26-31(52)34(55)37(58)42(65-26)67-40-35(56)30(51)25(14-45)64-43(40)66-39-32(53)28-21(48)11-19(61-41-36(57)33(54)29(50)24(13-44)63-41)12-23(28)62-38(39)17-4-6-18(46)7-5-17/h2-12,24-26,29-31,33-37,40-48,50-52,54-58H,13-15H2,1H3/b9-3+/t24-,25-,26-,29-,30-,31-,33+,34+,35+,36-,37-,40-,41-,42+,43+/m1/s1. The molecule has 4 aromatic rings. The van der Waals surface area contributed by atoms with Crippen molar-refractivity contribution in [1.82, 2.24) is 0 Å². The Morgan fingerprint density at radius 3 is 1.94 bits per heavy atom. The van der Waals surface area contributed by atoms with E-state index < -0.39 is 152 Å². The van der Waals surface area contributed by atoms with Gasteiger partial charge in [-0.2, -0.15) is 0 Å². The first-order valence-corrected chi connectivity index (χ1v) is 20.4. The third kappa shape index (κ3) is 10.3. The predicted molar refractivity (Wildman–Crippen MR) is 220 cm³/mol. The Kier molecular flexibility index (Phi) is 15.2. The van der Waals surface area contributed by atoms with Gasteiger partial charge in [0.05, 0.1) is 20.3 Å². The van der Waals surface area contributed by atoms with Crippen molar-refractivity contribution in [3.8, 4) is 45.8 Å².